The number of hydrogen-bond donors (Lipinski definition) is 1. The first-order chi connectivity index (χ1) is 15.1. The first-order valence-electron chi connectivity index (χ1n) is 11.2. The molecular formula is C25H31N3O2S. The lowest BCUT2D eigenvalue weighted by Gasteiger charge is -2.35. The van der Waals surface area contributed by atoms with Crippen molar-refractivity contribution in [1.82, 2.24) is 9.80 Å². The summed E-state index contributed by atoms with van der Waals surface area (Å²) in [6.45, 7) is 2.21. The molecule has 2 aliphatic heterocycles. The van der Waals surface area contributed by atoms with Crippen LogP contribution >= 0.6 is 11.8 Å². The number of amides is 3. The van der Waals surface area contributed by atoms with Crippen molar-refractivity contribution in [3.63, 3.8) is 0 Å². The zero-order chi connectivity index (χ0) is 21.6. The van der Waals surface area contributed by atoms with Crippen LogP contribution < -0.4 is 5.32 Å². The first kappa shape index (κ1) is 21.8. The maximum atomic E-state index is 13.2. The second-order valence-electron chi connectivity index (χ2n) is 8.47. The topological polar surface area (TPSA) is 52.7 Å². The van der Waals surface area contributed by atoms with Crippen LogP contribution in [0.3, 0.4) is 0 Å². The van der Waals surface area contributed by atoms with Gasteiger partial charge in [0, 0.05) is 30.2 Å². The molecule has 5 nitrogen and oxygen atoms in total. The molecule has 2 aromatic carbocycles. The van der Waals surface area contributed by atoms with Crippen LogP contribution in [0, 0.1) is 5.92 Å². The molecule has 31 heavy (non-hydrogen) atoms. The van der Waals surface area contributed by atoms with Gasteiger partial charge in [0.2, 0.25) is 5.91 Å². The predicted octanol–water partition coefficient (Wildman–Crippen LogP) is 4.89. The summed E-state index contributed by atoms with van der Waals surface area (Å²) in [6.07, 6.45) is 6.79. The minimum absolute atomic E-state index is 0.114. The van der Waals surface area contributed by atoms with Crippen molar-refractivity contribution < 1.29 is 9.59 Å². The molecule has 0 saturated carbocycles. The van der Waals surface area contributed by atoms with Gasteiger partial charge in [0.05, 0.1) is 0 Å². The fourth-order valence-electron chi connectivity index (χ4n) is 4.65. The SMILES string of the molecule is CSc1ccc(NC(=O)N2CCCC2C(=O)N2CCC(Cc3ccccc3)CC2)cc1. The van der Waals surface area contributed by atoms with E-state index in [2.05, 4.69) is 29.6 Å². The highest BCUT2D eigenvalue weighted by Crippen LogP contribution is 2.26. The molecule has 1 atom stereocenters. The number of carbonyl (C=O) groups excluding carboxylic acids is 2. The quantitative estimate of drug-likeness (QED) is 0.678. The molecule has 2 heterocycles. The van der Waals surface area contributed by atoms with Crippen LogP contribution in [0.25, 0.3) is 0 Å². The van der Waals surface area contributed by atoms with Gasteiger partial charge in [-0.2, -0.15) is 0 Å². The number of likely N-dealkylation sites (tertiary alicyclic amines) is 2. The average Bonchev–Trinajstić information content (AvgIpc) is 3.30. The normalized spacial score (nSPS) is 19.5. The Balaban J connectivity index is 1.31. The van der Waals surface area contributed by atoms with Crippen molar-refractivity contribution in [2.75, 3.05) is 31.2 Å². The molecule has 1 N–H and O–H groups in total. The molecule has 3 amide bonds. The van der Waals surface area contributed by atoms with E-state index >= 15 is 0 Å². The Morgan fingerprint density at radius 3 is 2.35 bits per heavy atom. The minimum atomic E-state index is -0.337. The lowest BCUT2D eigenvalue weighted by molar-refractivity contribution is -0.136. The van der Waals surface area contributed by atoms with Gasteiger partial charge >= 0.3 is 6.03 Å². The second-order valence-corrected chi connectivity index (χ2v) is 9.35. The van der Waals surface area contributed by atoms with E-state index < -0.39 is 0 Å². The molecule has 1 unspecified atom stereocenters. The van der Waals surface area contributed by atoms with E-state index in [0.29, 0.717) is 12.5 Å². The summed E-state index contributed by atoms with van der Waals surface area (Å²) in [6, 6.07) is 17.9. The fourth-order valence-corrected chi connectivity index (χ4v) is 5.06. The molecular weight excluding hydrogens is 406 g/mol. The van der Waals surface area contributed by atoms with E-state index in [1.54, 1.807) is 16.7 Å². The zero-order valence-corrected chi connectivity index (χ0v) is 18.9. The highest BCUT2D eigenvalue weighted by molar-refractivity contribution is 7.98. The molecule has 4 rings (SSSR count). The summed E-state index contributed by atoms with van der Waals surface area (Å²) in [5.41, 5.74) is 2.14. The number of carbonyl (C=O) groups is 2. The summed E-state index contributed by atoms with van der Waals surface area (Å²) >= 11 is 1.67. The lowest BCUT2D eigenvalue weighted by atomic mass is 9.90. The van der Waals surface area contributed by atoms with Gasteiger partial charge in [0.15, 0.2) is 0 Å². The van der Waals surface area contributed by atoms with Gasteiger partial charge in [0.25, 0.3) is 0 Å². The van der Waals surface area contributed by atoms with Crippen molar-refractivity contribution >= 4 is 29.4 Å². The third-order valence-electron chi connectivity index (χ3n) is 6.43. The summed E-state index contributed by atoms with van der Waals surface area (Å²) in [5.74, 6) is 0.738. The lowest BCUT2D eigenvalue weighted by Crippen LogP contribution is -2.51. The van der Waals surface area contributed by atoms with Crippen LogP contribution in [-0.4, -0.2) is 53.7 Å². The molecule has 2 aliphatic rings. The summed E-state index contributed by atoms with van der Waals surface area (Å²) in [5, 5.41) is 2.96. The van der Waals surface area contributed by atoms with E-state index in [1.807, 2.05) is 41.5 Å². The van der Waals surface area contributed by atoms with Crippen molar-refractivity contribution in [2.24, 2.45) is 5.92 Å². The van der Waals surface area contributed by atoms with Crippen LogP contribution in [0.15, 0.2) is 59.5 Å². The second kappa shape index (κ2) is 10.2. The van der Waals surface area contributed by atoms with Crippen LogP contribution in [0.2, 0.25) is 0 Å². The maximum absolute atomic E-state index is 13.2. The number of anilines is 1. The number of piperidine rings is 1. The van der Waals surface area contributed by atoms with Gasteiger partial charge in [-0.3, -0.25) is 4.79 Å². The van der Waals surface area contributed by atoms with E-state index in [1.165, 1.54) is 5.56 Å². The average molecular weight is 438 g/mol. The molecule has 6 heteroatoms. The highest BCUT2D eigenvalue weighted by atomic mass is 32.2. The highest BCUT2D eigenvalue weighted by Gasteiger charge is 2.37. The Labute approximate surface area is 189 Å². The number of benzene rings is 2. The molecule has 0 bridgehead atoms. The van der Waals surface area contributed by atoms with Crippen molar-refractivity contribution in [3.8, 4) is 0 Å². The van der Waals surface area contributed by atoms with Crippen LogP contribution in [0.5, 0.6) is 0 Å². The van der Waals surface area contributed by atoms with Crippen molar-refractivity contribution in [2.45, 2.75) is 43.0 Å². The predicted molar refractivity (Wildman–Crippen MR) is 126 cm³/mol. The fraction of sp³-hybridized carbons (Fsp3) is 0.440. The molecule has 164 valence electrons. The van der Waals surface area contributed by atoms with E-state index in [0.717, 1.165) is 55.8 Å². The number of rotatable bonds is 5. The molecule has 0 spiro atoms. The number of nitrogens with one attached hydrogen (secondary N) is 1. The van der Waals surface area contributed by atoms with Crippen molar-refractivity contribution in [1.29, 1.82) is 0 Å². The molecule has 0 radical (unpaired) electrons. The largest absolute Gasteiger partial charge is 0.341 e. The molecule has 2 saturated heterocycles. The van der Waals surface area contributed by atoms with Crippen LogP contribution in [0.1, 0.15) is 31.2 Å². The Bertz CT molecular complexity index is 879. The van der Waals surface area contributed by atoms with Gasteiger partial charge in [-0.25, -0.2) is 4.79 Å². The monoisotopic (exact) mass is 437 g/mol. The first-order valence-corrected chi connectivity index (χ1v) is 12.4. The third-order valence-corrected chi connectivity index (χ3v) is 7.18. The Morgan fingerprint density at radius 2 is 1.68 bits per heavy atom. The van der Waals surface area contributed by atoms with Gasteiger partial charge in [-0.15, -0.1) is 11.8 Å². The summed E-state index contributed by atoms with van der Waals surface area (Å²) < 4.78 is 0. The van der Waals surface area contributed by atoms with Gasteiger partial charge < -0.3 is 15.1 Å². The zero-order valence-electron chi connectivity index (χ0n) is 18.1. The van der Waals surface area contributed by atoms with E-state index in [4.69, 9.17) is 0 Å². The third kappa shape index (κ3) is 5.42. The number of nitrogens with zero attached hydrogens (tertiary/aromatic N) is 2. The molecule has 2 fully saturated rings. The molecule has 0 aliphatic carbocycles. The van der Waals surface area contributed by atoms with Crippen molar-refractivity contribution in [3.05, 3.63) is 60.2 Å². The molecule has 2 aromatic rings. The van der Waals surface area contributed by atoms with Gasteiger partial charge in [0.1, 0.15) is 6.04 Å². The standard InChI is InChI=1S/C25H31N3O2S/c1-31-22-11-9-21(10-12-22)26-25(30)28-15-5-8-23(28)24(29)27-16-13-20(14-17-27)18-19-6-3-2-4-7-19/h2-4,6-7,9-12,20,23H,5,8,13-18H2,1H3,(H,26,30). The van der Waals surface area contributed by atoms with E-state index in [9.17, 15) is 9.59 Å². The van der Waals surface area contributed by atoms with Gasteiger partial charge in [-0.05, 0) is 74.1 Å². The van der Waals surface area contributed by atoms with E-state index in [-0.39, 0.29) is 18.0 Å². The Kier molecular flexibility index (Phi) is 7.17. The smallest absolute Gasteiger partial charge is 0.322 e. The molecule has 0 aromatic heterocycles. The van der Waals surface area contributed by atoms with Gasteiger partial charge in [-0.1, -0.05) is 30.3 Å². The van der Waals surface area contributed by atoms with Crippen LogP contribution in [0.4, 0.5) is 10.5 Å². The van der Waals surface area contributed by atoms with Crippen LogP contribution in [-0.2, 0) is 11.2 Å². The number of hydrogen-bond acceptors (Lipinski definition) is 3. The summed E-state index contributed by atoms with van der Waals surface area (Å²) in [7, 11) is 0. The Morgan fingerprint density at radius 1 is 0.968 bits per heavy atom. The Hall–Kier alpha value is -2.47. The summed E-state index contributed by atoms with van der Waals surface area (Å²) in [4.78, 5) is 30.9. The number of thioether (sulfide) groups is 1. The minimum Gasteiger partial charge on any atom is -0.341 e. The number of urea groups is 1. The maximum Gasteiger partial charge on any atom is 0.322 e.